The van der Waals surface area contributed by atoms with Gasteiger partial charge >= 0.3 is 0 Å². The Hall–Kier alpha value is -1.65. The van der Waals surface area contributed by atoms with Gasteiger partial charge < -0.3 is 15.0 Å². The summed E-state index contributed by atoms with van der Waals surface area (Å²) >= 11 is 0. The Morgan fingerprint density at radius 1 is 1.41 bits per heavy atom. The number of hydrogen-bond acceptors (Lipinski definition) is 3. The summed E-state index contributed by atoms with van der Waals surface area (Å²) in [6.07, 6.45) is 1.85. The first-order chi connectivity index (χ1) is 8.24. The third kappa shape index (κ3) is 2.38. The molecule has 0 aliphatic heterocycles. The number of para-hydroxylation sites is 1. The summed E-state index contributed by atoms with van der Waals surface area (Å²) in [5.41, 5.74) is 1.78. The third-order valence-corrected chi connectivity index (χ3v) is 2.77. The van der Waals surface area contributed by atoms with E-state index in [1.54, 1.807) is 0 Å². The molecule has 0 saturated carbocycles. The summed E-state index contributed by atoms with van der Waals surface area (Å²) in [5, 5.41) is 12.5. The van der Waals surface area contributed by atoms with Crippen molar-refractivity contribution in [3.05, 3.63) is 36.0 Å². The van der Waals surface area contributed by atoms with Crippen LogP contribution in [0.4, 0.5) is 0 Å². The minimum atomic E-state index is 0.0445. The number of aryl methyl sites for hydroxylation is 1. The van der Waals surface area contributed by atoms with Gasteiger partial charge in [-0.05, 0) is 6.07 Å². The van der Waals surface area contributed by atoms with E-state index in [0.29, 0.717) is 6.54 Å². The second-order valence-electron chi connectivity index (χ2n) is 3.99. The smallest absolute Gasteiger partial charge is 0.178 e. The highest BCUT2D eigenvalue weighted by atomic mass is 16.3. The Labute approximate surface area is 99.9 Å². The van der Waals surface area contributed by atoms with Crippen LogP contribution in [-0.4, -0.2) is 35.2 Å². The molecule has 0 unspecified atom stereocenters. The Kier molecular flexibility index (Phi) is 3.56. The standard InChI is InChI=1S/C13H16N2O2/c1-15-9-11(13(17)8-14-6-7-16)10-4-2-3-5-12(10)15/h2-5,9,14,16H,6-8H2,1H3. The van der Waals surface area contributed by atoms with Crippen molar-refractivity contribution in [3.63, 3.8) is 0 Å². The zero-order valence-electron chi connectivity index (χ0n) is 9.81. The monoisotopic (exact) mass is 232 g/mol. The predicted octanol–water partition coefficient (Wildman–Crippen LogP) is 0.943. The molecule has 1 aromatic heterocycles. The van der Waals surface area contributed by atoms with Gasteiger partial charge in [0.1, 0.15) is 0 Å². The number of aliphatic hydroxyl groups is 1. The fraction of sp³-hybridized carbons (Fsp3) is 0.308. The van der Waals surface area contributed by atoms with Crippen molar-refractivity contribution in [2.75, 3.05) is 19.7 Å². The van der Waals surface area contributed by atoms with Gasteiger partial charge in [-0.25, -0.2) is 0 Å². The van der Waals surface area contributed by atoms with Crippen LogP contribution < -0.4 is 5.32 Å². The average molecular weight is 232 g/mol. The highest BCUT2D eigenvalue weighted by molar-refractivity contribution is 6.09. The van der Waals surface area contributed by atoms with Crippen LogP contribution >= 0.6 is 0 Å². The van der Waals surface area contributed by atoms with E-state index in [0.717, 1.165) is 16.5 Å². The van der Waals surface area contributed by atoms with Crippen LogP contribution in [0.1, 0.15) is 10.4 Å². The molecule has 1 heterocycles. The highest BCUT2D eigenvalue weighted by Crippen LogP contribution is 2.20. The highest BCUT2D eigenvalue weighted by Gasteiger charge is 2.12. The fourth-order valence-corrected chi connectivity index (χ4v) is 1.94. The van der Waals surface area contributed by atoms with Gasteiger partial charge in [0, 0.05) is 36.3 Å². The number of nitrogens with zero attached hydrogens (tertiary/aromatic N) is 1. The summed E-state index contributed by atoms with van der Waals surface area (Å²) < 4.78 is 1.95. The number of hydrogen-bond donors (Lipinski definition) is 2. The molecule has 0 aliphatic carbocycles. The molecule has 0 aliphatic rings. The number of rotatable bonds is 5. The second-order valence-corrected chi connectivity index (χ2v) is 3.99. The van der Waals surface area contributed by atoms with Crippen LogP contribution in [0.2, 0.25) is 0 Å². The largest absolute Gasteiger partial charge is 0.395 e. The van der Waals surface area contributed by atoms with Crippen LogP contribution in [0.15, 0.2) is 30.5 Å². The number of fused-ring (bicyclic) bond motifs is 1. The van der Waals surface area contributed by atoms with Crippen LogP contribution in [0.25, 0.3) is 10.9 Å². The van der Waals surface area contributed by atoms with E-state index in [-0.39, 0.29) is 18.9 Å². The van der Waals surface area contributed by atoms with E-state index >= 15 is 0 Å². The topological polar surface area (TPSA) is 54.3 Å². The lowest BCUT2D eigenvalue weighted by molar-refractivity contribution is 0.0991. The second kappa shape index (κ2) is 5.12. The summed E-state index contributed by atoms with van der Waals surface area (Å²) in [7, 11) is 1.93. The molecule has 0 fully saturated rings. The van der Waals surface area contributed by atoms with Crippen molar-refractivity contribution in [3.8, 4) is 0 Å². The van der Waals surface area contributed by atoms with Gasteiger partial charge in [0.05, 0.1) is 13.2 Å². The van der Waals surface area contributed by atoms with Gasteiger partial charge in [-0.2, -0.15) is 0 Å². The third-order valence-electron chi connectivity index (χ3n) is 2.77. The van der Waals surface area contributed by atoms with Crippen LogP contribution in [-0.2, 0) is 7.05 Å². The summed E-state index contributed by atoms with van der Waals surface area (Å²) in [6, 6.07) is 7.84. The number of aliphatic hydroxyl groups excluding tert-OH is 1. The van der Waals surface area contributed by atoms with E-state index in [2.05, 4.69) is 5.32 Å². The SMILES string of the molecule is Cn1cc(C(=O)CNCCO)c2ccccc21. The first kappa shape index (κ1) is 11.8. The average Bonchev–Trinajstić information content (AvgIpc) is 2.68. The number of aromatic nitrogens is 1. The molecule has 0 saturated heterocycles. The lowest BCUT2D eigenvalue weighted by Crippen LogP contribution is -2.25. The minimum Gasteiger partial charge on any atom is -0.395 e. The van der Waals surface area contributed by atoms with Gasteiger partial charge in [0.2, 0.25) is 0 Å². The first-order valence-corrected chi connectivity index (χ1v) is 5.63. The summed E-state index contributed by atoms with van der Waals surface area (Å²) in [4.78, 5) is 12.0. The maximum Gasteiger partial charge on any atom is 0.178 e. The molecule has 0 amide bonds. The molecule has 17 heavy (non-hydrogen) atoms. The molecule has 90 valence electrons. The molecule has 0 spiro atoms. The molecule has 0 radical (unpaired) electrons. The lowest BCUT2D eigenvalue weighted by atomic mass is 10.1. The van der Waals surface area contributed by atoms with E-state index in [9.17, 15) is 4.79 Å². The van der Waals surface area contributed by atoms with Crippen molar-refractivity contribution in [2.24, 2.45) is 7.05 Å². The summed E-state index contributed by atoms with van der Waals surface area (Å²) in [6.45, 7) is 0.744. The van der Waals surface area contributed by atoms with Crippen molar-refractivity contribution < 1.29 is 9.90 Å². The van der Waals surface area contributed by atoms with E-state index in [4.69, 9.17) is 5.11 Å². The molecule has 0 atom stereocenters. The van der Waals surface area contributed by atoms with Crippen molar-refractivity contribution in [1.82, 2.24) is 9.88 Å². The molecular formula is C13H16N2O2. The lowest BCUT2D eigenvalue weighted by Gasteiger charge is -2.00. The quantitative estimate of drug-likeness (QED) is 0.596. The summed E-state index contributed by atoms with van der Waals surface area (Å²) in [5.74, 6) is 0.0512. The Morgan fingerprint density at radius 2 is 2.18 bits per heavy atom. The van der Waals surface area contributed by atoms with Gasteiger partial charge in [-0.3, -0.25) is 4.79 Å². The number of carbonyl (C=O) groups excluding carboxylic acids is 1. The van der Waals surface area contributed by atoms with Crippen LogP contribution in [0.3, 0.4) is 0 Å². The van der Waals surface area contributed by atoms with Crippen molar-refractivity contribution >= 4 is 16.7 Å². The van der Waals surface area contributed by atoms with E-state index in [1.165, 1.54) is 0 Å². The Morgan fingerprint density at radius 3 is 2.94 bits per heavy atom. The minimum absolute atomic E-state index is 0.0445. The van der Waals surface area contributed by atoms with Gasteiger partial charge in [0.15, 0.2) is 5.78 Å². The number of carbonyl (C=O) groups is 1. The van der Waals surface area contributed by atoms with Crippen LogP contribution in [0.5, 0.6) is 0 Å². The molecule has 2 aromatic rings. The normalized spacial score (nSPS) is 10.9. The zero-order valence-corrected chi connectivity index (χ0v) is 9.81. The maximum atomic E-state index is 12.0. The molecule has 4 heteroatoms. The Balaban J connectivity index is 2.26. The van der Waals surface area contributed by atoms with Gasteiger partial charge in [0.25, 0.3) is 0 Å². The maximum absolute atomic E-state index is 12.0. The molecule has 2 rings (SSSR count). The molecule has 4 nitrogen and oxygen atoms in total. The number of Topliss-reactive ketones (excluding diaryl/α,β-unsaturated/α-hetero) is 1. The van der Waals surface area contributed by atoms with E-state index in [1.807, 2.05) is 42.1 Å². The fourth-order valence-electron chi connectivity index (χ4n) is 1.94. The van der Waals surface area contributed by atoms with Crippen molar-refractivity contribution in [2.45, 2.75) is 0 Å². The van der Waals surface area contributed by atoms with Crippen molar-refractivity contribution in [1.29, 1.82) is 0 Å². The molecular weight excluding hydrogens is 216 g/mol. The number of benzene rings is 1. The zero-order chi connectivity index (χ0) is 12.3. The first-order valence-electron chi connectivity index (χ1n) is 5.63. The number of nitrogens with one attached hydrogen (secondary N) is 1. The van der Waals surface area contributed by atoms with E-state index < -0.39 is 0 Å². The molecule has 1 aromatic carbocycles. The molecule has 0 bridgehead atoms. The van der Waals surface area contributed by atoms with Crippen LogP contribution in [0, 0.1) is 0 Å². The predicted molar refractivity (Wildman–Crippen MR) is 67.2 cm³/mol. The van der Waals surface area contributed by atoms with Gasteiger partial charge in [-0.15, -0.1) is 0 Å². The van der Waals surface area contributed by atoms with Gasteiger partial charge in [-0.1, -0.05) is 18.2 Å². The number of ketones is 1. The Bertz CT molecular complexity index is 531. The molecule has 2 N–H and O–H groups in total.